The van der Waals surface area contributed by atoms with Crippen molar-refractivity contribution in [1.29, 1.82) is 0 Å². The van der Waals surface area contributed by atoms with Gasteiger partial charge in [-0.1, -0.05) is 0 Å². The second-order valence-corrected chi connectivity index (χ2v) is 7.23. The monoisotopic (exact) mass is 334 g/mol. The summed E-state index contributed by atoms with van der Waals surface area (Å²) >= 11 is 3.22. The highest BCUT2D eigenvalue weighted by Gasteiger charge is 2.37. The van der Waals surface area contributed by atoms with Gasteiger partial charge in [0.25, 0.3) is 10.2 Å². The van der Waals surface area contributed by atoms with Crippen LogP contribution in [0.3, 0.4) is 0 Å². The predicted octanol–water partition coefficient (Wildman–Crippen LogP) is 1.18. The van der Waals surface area contributed by atoms with Gasteiger partial charge in [0.05, 0.1) is 24.1 Å². The van der Waals surface area contributed by atoms with Crippen molar-refractivity contribution in [3.63, 3.8) is 0 Å². The Hall–Kier alpha value is -0.570. The molecule has 18 heavy (non-hydrogen) atoms. The van der Waals surface area contributed by atoms with Gasteiger partial charge in [-0.15, -0.1) is 0 Å². The molecule has 2 heterocycles. The lowest BCUT2D eigenvalue weighted by Gasteiger charge is -2.26. The second kappa shape index (κ2) is 5.20. The van der Waals surface area contributed by atoms with E-state index < -0.39 is 10.2 Å². The Balaban J connectivity index is 2.31. The molecule has 0 radical (unpaired) electrons. The molecule has 0 unspecified atom stereocenters. The normalized spacial score (nSPS) is 21.7. The van der Waals surface area contributed by atoms with Gasteiger partial charge in [-0.3, -0.25) is 4.98 Å². The fourth-order valence-electron chi connectivity index (χ4n) is 2.02. The highest BCUT2D eigenvalue weighted by Crippen LogP contribution is 2.33. The van der Waals surface area contributed by atoms with Gasteiger partial charge in [-0.05, 0) is 28.8 Å². The summed E-state index contributed by atoms with van der Waals surface area (Å²) in [7, 11) is -0.318. The molecule has 0 saturated carbocycles. The molecule has 0 amide bonds. The number of nitrogens with zero attached hydrogens (tertiary/aromatic N) is 4. The number of halogens is 1. The zero-order valence-electron chi connectivity index (χ0n) is 10.2. The molecule has 0 aliphatic carbocycles. The van der Waals surface area contributed by atoms with Gasteiger partial charge in [0.1, 0.15) is 4.60 Å². The fourth-order valence-corrected chi connectivity index (χ4v) is 3.54. The third kappa shape index (κ3) is 2.56. The van der Waals surface area contributed by atoms with Crippen molar-refractivity contribution < 1.29 is 8.42 Å². The van der Waals surface area contributed by atoms with Gasteiger partial charge < -0.3 is 0 Å². The van der Waals surface area contributed by atoms with Crippen LogP contribution in [0.25, 0.3) is 0 Å². The number of hydrogen-bond acceptors (Lipinski definition) is 4. The number of aromatic nitrogens is 2. The van der Waals surface area contributed by atoms with Gasteiger partial charge in [-0.2, -0.15) is 17.0 Å². The van der Waals surface area contributed by atoms with Crippen LogP contribution in [0.1, 0.15) is 24.6 Å². The Morgan fingerprint density at radius 1 is 1.39 bits per heavy atom. The van der Waals surface area contributed by atoms with Crippen LogP contribution >= 0.6 is 15.9 Å². The van der Waals surface area contributed by atoms with E-state index >= 15 is 0 Å². The summed E-state index contributed by atoms with van der Waals surface area (Å²) in [6.45, 7) is 0.531. The Kier molecular flexibility index (Phi) is 4.00. The fraction of sp³-hybridized carbons (Fsp3) is 0.600. The Labute approximate surface area is 115 Å². The maximum Gasteiger partial charge on any atom is 0.282 e. The third-order valence-corrected chi connectivity index (χ3v) is 5.31. The molecule has 1 atom stereocenters. The summed E-state index contributed by atoms with van der Waals surface area (Å²) < 4.78 is 27.7. The SMILES string of the molecule is CN(C)S(=O)(=O)N1CCC[C@H]1c1cnc(Br)cn1. The molecule has 1 saturated heterocycles. The lowest BCUT2D eigenvalue weighted by molar-refractivity contribution is 0.357. The van der Waals surface area contributed by atoms with E-state index in [1.54, 1.807) is 12.4 Å². The van der Waals surface area contributed by atoms with Gasteiger partial charge in [0.2, 0.25) is 0 Å². The highest BCUT2D eigenvalue weighted by molar-refractivity contribution is 9.10. The predicted molar refractivity (Wildman–Crippen MR) is 71.0 cm³/mol. The molecule has 1 aliphatic rings. The molecule has 1 aromatic rings. The van der Waals surface area contributed by atoms with Crippen molar-refractivity contribution >= 4 is 26.1 Å². The van der Waals surface area contributed by atoms with Gasteiger partial charge >= 0.3 is 0 Å². The first-order chi connectivity index (χ1) is 8.43. The lowest BCUT2D eigenvalue weighted by atomic mass is 10.2. The van der Waals surface area contributed by atoms with Gasteiger partial charge in [0, 0.05) is 20.6 Å². The van der Waals surface area contributed by atoms with Crippen LogP contribution in [0.2, 0.25) is 0 Å². The largest absolute Gasteiger partial charge is 0.282 e. The Bertz CT molecular complexity index is 517. The lowest BCUT2D eigenvalue weighted by Crippen LogP contribution is -2.39. The summed E-state index contributed by atoms with van der Waals surface area (Å²) in [5.41, 5.74) is 0.695. The topological polar surface area (TPSA) is 66.4 Å². The van der Waals surface area contributed by atoms with Crippen molar-refractivity contribution in [3.05, 3.63) is 22.7 Å². The van der Waals surface area contributed by atoms with E-state index in [0.717, 1.165) is 12.8 Å². The molecular formula is C10H15BrN4O2S. The molecule has 6 nitrogen and oxygen atoms in total. The summed E-state index contributed by atoms with van der Waals surface area (Å²) in [6.07, 6.45) is 4.84. The van der Waals surface area contributed by atoms with E-state index in [1.807, 2.05) is 0 Å². The zero-order valence-corrected chi connectivity index (χ0v) is 12.6. The van der Waals surface area contributed by atoms with Crippen LogP contribution in [-0.2, 0) is 10.2 Å². The first-order valence-electron chi connectivity index (χ1n) is 5.59. The van der Waals surface area contributed by atoms with E-state index in [1.165, 1.54) is 22.7 Å². The minimum atomic E-state index is -3.40. The minimum absolute atomic E-state index is 0.210. The zero-order chi connectivity index (χ0) is 13.3. The summed E-state index contributed by atoms with van der Waals surface area (Å²) in [5, 5.41) is 0. The van der Waals surface area contributed by atoms with Crippen molar-refractivity contribution in [2.75, 3.05) is 20.6 Å². The first-order valence-corrected chi connectivity index (χ1v) is 7.78. The van der Waals surface area contributed by atoms with Crippen LogP contribution < -0.4 is 0 Å². The molecule has 8 heteroatoms. The first kappa shape index (κ1) is 13.9. The number of hydrogen-bond donors (Lipinski definition) is 0. The van der Waals surface area contributed by atoms with E-state index in [0.29, 0.717) is 16.8 Å². The molecule has 1 aromatic heterocycles. The van der Waals surface area contributed by atoms with Crippen LogP contribution in [0.15, 0.2) is 17.0 Å². The minimum Gasteiger partial charge on any atom is -0.255 e. The molecule has 0 aromatic carbocycles. The molecule has 1 aliphatic heterocycles. The molecular weight excluding hydrogens is 320 g/mol. The molecule has 0 bridgehead atoms. The third-order valence-electron chi connectivity index (χ3n) is 2.94. The average molecular weight is 335 g/mol. The smallest absolute Gasteiger partial charge is 0.255 e. The Morgan fingerprint density at radius 2 is 2.11 bits per heavy atom. The van der Waals surface area contributed by atoms with Crippen molar-refractivity contribution in [2.45, 2.75) is 18.9 Å². The molecule has 100 valence electrons. The average Bonchev–Trinajstić information content (AvgIpc) is 2.79. The molecule has 2 rings (SSSR count). The van der Waals surface area contributed by atoms with Crippen LogP contribution in [0, 0.1) is 0 Å². The van der Waals surface area contributed by atoms with Crippen molar-refractivity contribution in [1.82, 2.24) is 18.6 Å². The molecule has 1 fully saturated rings. The van der Waals surface area contributed by atoms with Gasteiger partial charge in [0.15, 0.2) is 0 Å². The van der Waals surface area contributed by atoms with Crippen LogP contribution in [0.4, 0.5) is 0 Å². The van der Waals surface area contributed by atoms with Crippen LogP contribution in [0.5, 0.6) is 0 Å². The maximum atomic E-state index is 12.2. The van der Waals surface area contributed by atoms with E-state index in [9.17, 15) is 8.42 Å². The molecule has 0 spiro atoms. The van der Waals surface area contributed by atoms with E-state index in [4.69, 9.17) is 0 Å². The maximum absolute atomic E-state index is 12.2. The van der Waals surface area contributed by atoms with E-state index in [-0.39, 0.29) is 6.04 Å². The standard InChI is InChI=1S/C10H15BrN4O2S/c1-14(2)18(16,17)15-5-3-4-9(15)8-6-13-10(11)7-12-8/h6-7,9H,3-5H2,1-2H3/t9-/m0/s1. The molecule has 0 N–H and O–H groups in total. The van der Waals surface area contributed by atoms with Crippen LogP contribution in [-0.4, -0.2) is 47.6 Å². The summed E-state index contributed by atoms with van der Waals surface area (Å²) in [6, 6.07) is -0.210. The number of rotatable bonds is 3. The summed E-state index contributed by atoms with van der Waals surface area (Å²) in [4.78, 5) is 8.35. The summed E-state index contributed by atoms with van der Waals surface area (Å²) in [5.74, 6) is 0. The van der Waals surface area contributed by atoms with Gasteiger partial charge in [-0.25, -0.2) is 4.98 Å². The quantitative estimate of drug-likeness (QED) is 0.832. The second-order valence-electron chi connectivity index (χ2n) is 4.32. The van der Waals surface area contributed by atoms with Crippen molar-refractivity contribution in [2.24, 2.45) is 0 Å². The Morgan fingerprint density at radius 3 is 2.67 bits per heavy atom. The van der Waals surface area contributed by atoms with Crippen molar-refractivity contribution in [3.8, 4) is 0 Å². The highest BCUT2D eigenvalue weighted by atomic mass is 79.9. The van der Waals surface area contributed by atoms with E-state index in [2.05, 4.69) is 25.9 Å².